The number of nitrogens with one attached hydrogen (secondary N) is 3. The number of aromatic nitrogens is 4. The Morgan fingerprint density at radius 2 is 2.09 bits per heavy atom. The second-order valence-electron chi connectivity index (χ2n) is 7.96. The average Bonchev–Trinajstić information content (AvgIpc) is 3.25. The van der Waals surface area contributed by atoms with Crippen LogP contribution in [0.15, 0.2) is 42.9 Å². The lowest BCUT2D eigenvalue weighted by Gasteiger charge is -2.08. The van der Waals surface area contributed by atoms with Crippen LogP contribution >= 0.6 is 11.6 Å². The van der Waals surface area contributed by atoms with Crippen molar-refractivity contribution in [2.45, 2.75) is 39.3 Å². The Hall–Kier alpha value is -3.33. The van der Waals surface area contributed by atoms with Gasteiger partial charge in [-0.05, 0) is 61.9 Å². The van der Waals surface area contributed by atoms with Gasteiger partial charge in [0, 0.05) is 48.9 Å². The lowest BCUT2D eigenvalue weighted by atomic mass is 10.2. The molecule has 2 heterocycles. The van der Waals surface area contributed by atoms with Crippen molar-refractivity contribution >= 4 is 35.0 Å². The van der Waals surface area contributed by atoms with Crippen molar-refractivity contribution in [1.82, 2.24) is 24.6 Å². The Balaban J connectivity index is 1.37. The molecule has 2 aromatic heterocycles. The fourth-order valence-corrected chi connectivity index (χ4v) is 3.59. The minimum Gasteiger partial charge on any atom is -0.349 e. The van der Waals surface area contributed by atoms with Crippen molar-refractivity contribution in [2.24, 2.45) is 5.92 Å². The Morgan fingerprint density at radius 1 is 1.25 bits per heavy atom. The van der Waals surface area contributed by atoms with Crippen molar-refractivity contribution in [2.75, 3.05) is 17.2 Å². The summed E-state index contributed by atoms with van der Waals surface area (Å²) >= 11 is 5.97. The SMILES string of the molecule is Cc1cc(Cl)ccc1NC(=O)Nc1cn(CC2CC2)c(C(=O)NCCCn2cccn2)n1. The molecule has 0 bridgehead atoms. The van der Waals surface area contributed by atoms with Gasteiger partial charge in [-0.3, -0.25) is 14.8 Å². The van der Waals surface area contributed by atoms with E-state index in [0.717, 1.165) is 31.4 Å². The maximum atomic E-state index is 12.7. The lowest BCUT2D eigenvalue weighted by Crippen LogP contribution is -2.28. The van der Waals surface area contributed by atoms with Crippen LogP contribution in [-0.4, -0.2) is 37.8 Å². The topological polar surface area (TPSA) is 106 Å². The summed E-state index contributed by atoms with van der Waals surface area (Å²) in [4.78, 5) is 29.6. The number of hydrogen-bond acceptors (Lipinski definition) is 4. The molecule has 0 unspecified atom stereocenters. The highest BCUT2D eigenvalue weighted by molar-refractivity contribution is 6.30. The van der Waals surface area contributed by atoms with Crippen LogP contribution in [-0.2, 0) is 13.1 Å². The standard InChI is InChI=1S/C22H26ClN7O2/c1-15-12-17(23)6-7-18(15)26-22(32)28-19-14-29(13-16-4-5-16)20(27-19)21(31)24-8-2-10-30-11-3-9-25-30/h3,6-7,9,11-12,14,16H,2,4-5,8,10,13H2,1H3,(H,24,31)(H2,26,28,32). The summed E-state index contributed by atoms with van der Waals surface area (Å²) in [5.74, 6) is 0.924. The molecule has 1 aromatic carbocycles. The zero-order chi connectivity index (χ0) is 22.5. The number of rotatable bonds is 9. The molecule has 1 aliphatic carbocycles. The Bertz CT molecular complexity index is 1090. The van der Waals surface area contributed by atoms with Gasteiger partial charge in [-0.25, -0.2) is 9.78 Å². The van der Waals surface area contributed by atoms with Gasteiger partial charge in [-0.2, -0.15) is 5.10 Å². The third-order valence-electron chi connectivity index (χ3n) is 5.22. The molecule has 1 saturated carbocycles. The maximum absolute atomic E-state index is 12.7. The molecule has 168 valence electrons. The summed E-state index contributed by atoms with van der Waals surface area (Å²) in [5, 5.41) is 13.2. The molecule has 32 heavy (non-hydrogen) atoms. The van der Waals surface area contributed by atoms with E-state index in [-0.39, 0.29) is 5.91 Å². The van der Waals surface area contributed by atoms with E-state index in [1.54, 1.807) is 30.6 Å². The quantitative estimate of drug-likeness (QED) is 0.425. The molecule has 0 atom stereocenters. The van der Waals surface area contributed by atoms with Crippen LogP contribution in [0.2, 0.25) is 5.02 Å². The van der Waals surface area contributed by atoms with E-state index >= 15 is 0 Å². The zero-order valence-electron chi connectivity index (χ0n) is 17.8. The molecule has 3 N–H and O–H groups in total. The van der Waals surface area contributed by atoms with Crippen LogP contribution in [0.1, 0.15) is 35.4 Å². The Morgan fingerprint density at radius 3 is 2.81 bits per heavy atom. The number of hydrogen-bond donors (Lipinski definition) is 3. The van der Waals surface area contributed by atoms with E-state index in [1.807, 2.05) is 28.4 Å². The first kappa shape index (κ1) is 21.9. The first-order valence-electron chi connectivity index (χ1n) is 10.6. The lowest BCUT2D eigenvalue weighted by molar-refractivity contribution is 0.0937. The van der Waals surface area contributed by atoms with E-state index in [9.17, 15) is 9.59 Å². The van der Waals surface area contributed by atoms with Crippen molar-refractivity contribution < 1.29 is 9.59 Å². The number of urea groups is 1. The van der Waals surface area contributed by atoms with Crippen LogP contribution in [0, 0.1) is 12.8 Å². The number of aryl methyl sites for hydroxylation is 2. The number of benzene rings is 1. The highest BCUT2D eigenvalue weighted by atomic mass is 35.5. The fraction of sp³-hybridized carbons (Fsp3) is 0.364. The zero-order valence-corrected chi connectivity index (χ0v) is 18.6. The second kappa shape index (κ2) is 9.86. The third kappa shape index (κ3) is 5.88. The molecular weight excluding hydrogens is 430 g/mol. The number of carbonyl (C=O) groups excluding carboxylic acids is 2. The van der Waals surface area contributed by atoms with Crippen molar-refractivity contribution in [1.29, 1.82) is 0 Å². The van der Waals surface area contributed by atoms with E-state index in [0.29, 0.717) is 41.4 Å². The van der Waals surface area contributed by atoms with Gasteiger partial charge >= 0.3 is 6.03 Å². The smallest absolute Gasteiger partial charge is 0.324 e. The number of nitrogens with zero attached hydrogens (tertiary/aromatic N) is 4. The largest absolute Gasteiger partial charge is 0.349 e. The predicted molar refractivity (Wildman–Crippen MR) is 123 cm³/mol. The summed E-state index contributed by atoms with van der Waals surface area (Å²) in [7, 11) is 0. The van der Waals surface area contributed by atoms with Gasteiger partial charge in [0.1, 0.15) is 0 Å². The van der Waals surface area contributed by atoms with Crippen LogP contribution in [0.5, 0.6) is 0 Å². The third-order valence-corrected chi connectivity index (χ3v) is 5.45. The van der Waals surface area contributed by atoms with Crippen molar-refractivity contribution in [3.8, 4) is 0 Å². The first-order valence-corrected chi connectivity index (χ1v) is 11.0. The number of halogens is 1. The molecule has 1 fully saturated rings. The average molecular weight is 456 g/mol. The molecular formula is C22H26ClN7O2. The van der Waals surface area contributed by atoms with Gasteiger partial charge in [-0.1, -0.05) is 11.6 Å². The molecule has 0 saturated heterocycles. The molecule has 0 spiro atoms. The number of imidazole rings is 1. The molecule has 1 aliphatic rings. The molecule has 10 heteroatoms. The second-order valence-corrected chi connectivity index (χ2v) is 8.40. The van der Waals surface area contributed by atoms with Gasteiger partial charge in [0.15, 0.2) is 5.82 Å². The maximum Gasteiger partial charge on any atom is 0.324 e. The number of amides is 3. The van der Waals surface area contributed by atoms with Crippen LogP contribution in [0.3, 0.4) is 0 Å². The monoisotopic (exact) mass is 455 g/mol. The van der Waals surface area contributed by atoms with Gasteiger partial charge in [-0.15, -0.1) is 0 Å². The first-order chi connectivity index (χ1) is 15.5. The van der Waals surface area contributed by atoms with Gasteiger partial charge in [0.25, 0.3) is 5.91 Å². The fourth-order valence-electron chi connectivity index (χ4n) is 3.37. The van der Waals surface area contributed by atoms with Crippen LogP contribution < -0.4 is 16.0 Å². The van der Waals surface area contributed by atoms with Crippen molar-refractivity contribution in [3.05, 3.63) is 59.3 Å². The molecule has 3 aromatic rings. The summed E-state index contributed by atoms with van der Waals surface area (Å²) < 4.78 is 3.65. The minimum atomic E-state index is -0.433. The highest BCUT2D eigenvalue weighted by Gasteiger charge is 2.25. The summed E-state index contributed by atoms with van der Waals surface area (Å²) in [6.07, 6.45) is 8.37. The van der Waals surface area contributed by atoms with Crippen LogP contribution in [0.4, 0.5) is 16.3 Å². The molecule has 0 radical (unpaired) electrons. The minimum absolute atomic E-state index is 0.256. The van der Waals surface area contributed by atoms with E-state index < -0.39 is 6.03 Å². The van der Waals surface area contributed by atoms with E-state index in [2.05, 4.69) is 26.0 Å². The molecule has 9 nitrogen and oxygen atoms in total. The molecule has 0 aliphatic heterocycles. The van der Waals surface area contributed by atoms with E-state index in [4.69, 9.17) is 11.6 Å². The van der Waals surface area contributed by atoms with Crippen molar-refractivity contribution in [3.63, 3.8) is 0 Å². The predicted octanol–water partition coefficient (Wildman–Crippen LogP) is 3.92. The molecule has 3 amide bonds. The Kier molecular flexibility index (Phi) is 6.75. The summed E-state index contributed by atoms with van der Waals surface area (Å²) in [5.41, 5.74) is 1.50. The summed E-state index contributed by atoms with van der Waals surface area (Å²) in [6.45, 7) is 3.80. The molecule has 4 rings (SSSR count). The summed E-state index contributed by atoms with van der Waals surface area (Å²) in [6, 6.07) is 6.66. The normalized spacial score (nSPS) is 13.1. The van der Waals surface area contributed by atoms with Gasteiger partial charge in [0.2, 0.25) is 5.82 Å². The number of carbonyl (C=O) groups is 2. The Labute approximate surface area is 191 Å². The van der Waals surface area contributed by atoms with Gasteiger partial charge < -0.3 is 15.2 Å². The van der Waals surface area contributed by atoms with Crippen LogP contribution in [0.25, 0.3) is 0 Å². The van der Waals surface area contributed by atoms with E-state index in [1.165, 1.54) is 0 Å². The number of anilines is 2. The highest BCUT2D eigenvalue weighted by Crippen LogP contribution is 2.31. The van der Waals surface area contributed by atoms with Gasteiger partial charge in [0.05, 0.1) is 0 Å².